The normalized spacial score (nSPS) is 10.9. The molecule has 0 radical (unpaired) electrons. The van der Waals surface area contributed by atoms with E-state index in [4.69, 9.17) is 9.47 Å². The van der Waals surface area contributed by atoms with E-state index in [1.165, 1.54) is 13.2 Å². The highest BCUT2D eigenvalue weighted by Gasteiger charge is 2.19. The number of carbonyl (C=O) groups is 2. The van der Waals surface area contributed by atoms with Gasteiger partial charge in [-0.1, -0.05) is 54.6 Å². The third-order valence-electron chi connectivity index (χ3n) is 5.16. The SMILES string of the molecule is COc1cc(/C=C(\C#N)C(=O)Nc2ccccc2)cc(Br)c1OC(=O)c1cccc2ccccc12. The third-order valence-corrected chi connectivity index (χ3v) is 5.75. The molecular weight excluding hydrogens is 508 g/mol. The lowest BCUT2D eigenvalue weighted by Gasteiger charge is -2.13. The van der Waals surface area contributed by atoms with Crippen molar-refractivity contribution in [3.05, 3.63) is 106 Å². The molecule has 0 aliphatic carbocycles. The van der Waals surface area contributed by atoms with Crippen LogP contribution < -0.4 is 14.8 Å². The molecular formula is C28H19BrN2O4. The summed E-state index contributed by atoms with van der Waals surface area (Å²) < 4.78 is 11.6. The third kappa shape index (κ3) is 5.40. The van der Waals surface area contributed by atoms with E-state index in [1.54, 1.807) is 48.5 Å². The fraction of sp³-hybridized carbons (Fsp3) is 0.0357. The molecule has 0 unspecified atom stereocenters. The van der Waals surface area contributed by atoms with Crippen molar-refractivity contribution in [2.45, 2.75) is 0 Å². The maximum Gasteiger partial charge on any atom is 0.344 e. The van der Waals surface area contributed by atoms with Crippen molar-refractivity contribution in [1.29, 1.82) is 5.26 Å². The minimum atomic E-state index is -0.541. The minimum absolute atomic E-state index is 0.0942. The van der Waals surface area contributed by atoms with Gasteiger partial charge in [0.05, 0.1) is 17.1 Å². The van der Waals surface area contributed by atoms with Crippen molar-refractivity contribution in [2.24, 2.45) is 0 Å². The number of carbonyl (C=O) groups excluding carboxylic acids is 2. The van der Waals surface area contributed by atoms with Crippen LogP contribution >= 0.6 is 15.9 Å². The van der Waals surface area contributed by atoms with Gasteiger partial charge in [0, 0.05) is 5.69 Å². The Labute approximate surface area is 210 Å². The summed E-state index contributed by atoms with van der Waals surface area (Å²) in [6.07, 6.45) is 1.43. The standard InChI is InChI=1S/C28H19BrN2O4/c1-34-25-16-18(14-20(17-30)27(32)31-21-10-3-2-4-11-21)15-24(29)26(25)35-28(33)23-13-7-9-19-8-5-6-12-22(19)23/h2-16H,1H3,(H,31,32)/b20-14+. The van der Waals surface area contributed by atoms with Crippen LogP contribution in [-0.2, 0) is 4.79 Å². The number of fused-ring (bicyclic) bond motifs is 1. The number of amides is 1. The van der Waals surface area contributed by atoms with Crippen LogP contribution in [0.25, 0.3) is 16.8 Å². The van der Waals surface area contributed by atoms with Gasteiger partial charge in [0.1, 0.15) is 11.6 Å². The number of para-hydroxylation sites is 1. The van der Waals surface area contributed by atoms with E-state index in [1.807, 2.05) is 42.5 Å². The second-order valence-electron chi connectivity index (χ2n) is 7.44. The van der Waals surface area contributed by atoms with Crippen molar-refractivity contribution in [3.63, 3.8) is 0 Å². The van der Waals surface area contributed by atoms with Crippen LogP contribution in [0.4, 0.5) is 5.69 Å². The molecule has 0 atom stereocenters. The molecule has 7 heteroatoms. The Morgan fingerprint density at radius 3 is 2.43 bits per heavy atom. The van der Waals surface area contributed by atoms with E-state index in [0.29, 0.717) is 21.3 Å². The van der Waals surface area contributed by atoms with Crippen molar-refractivity contribution in [2.75, 3.05) is 12.4 Å². The molecule has 0 saturated carbocycles. The van der Waals surface area contributed by atoms with Gasteiger partial charge >= 0.3 is 5.97 Å². The second-order valence-corrected chi connectivity index (χ2v) is 8.29. The van der Waals surface area contributed by atoms with Crippen LogP contribution in [-0.4, -0.2) is 19.0 Å². The number of nitriles is 1. The maximum absolute atomic E-state index is 13.0. The summed E-state index contributed by atoms with van der Waals surface area (Å²) in [6.45, 7) is 0. The van der Waals surface area contributed by atoms with Crippen LogP contribution in [0, 0.1) is 11.3 Å². The Morgan fingerprint density at radius 1 is 0.971 bits per heavy atom. The average Bonchev–Trinajstić information content (AvgIpc) is 2.88. The number of rotatable bonds is 6. The van der Waals surface area contributed by atoms with Crippen molar-refractivity contribution in [3.8, 4) is 17.6 Å². The van der Waals surface area contributed by atoms with Gasteiger partial charge in [-0.25, -0.2) is 4.79 Å². The van der Waals surface area contributed by atoms with E-state index in [9.17, 15) is 14.9 Å². The van der Waals surface area contributed by atoms with Gasteiger partial charge in [-0.15, -0.1) is 0 Å². The van der Waals surface area contributed by atoms with Crippen molar-refractivity contribution < 1.29 is 19.1 Å². The molecule has 0 fully saturated rings. The van der Waals surface area contributed by atoms with E-state index >= 15 is 0 Å². The number of benzene rings is 4. The Hall–Kier alpha value is -4.41. The van der Waals surface area contributed by atoms with Crippen LogP contribution in [0.15, 0.2) is 95.0 Å². The van der Waals surface area contributed by atoms with Crippen LogP contribution in [0.2, 0.25) is 0 Å². The maximum atomic E-state index is 13.0. The molecule has 6 nitrogen and oxygen atoms in total. The van der Waals surface area contributed by atoms with E-state index in [2.05, 4.69) is 21.2 Å². The highest BCUT2D eigenvalue weighted by Crippen LogP contribution is 2.38. The predicted octanol–water partition coefficient (Wildman–Crippen LogP) is 6.38. The molecule has 1 N–H and O–H groups in total. The molecule has 4 aromatic carbocycles. The van der Waals surface area contributed by atoms with Gasteiger partial charge in [-0.05, 0) is 68.7 Å². The van der Waals surface area contributed by atoms with Gasteiger partial charge < -0.3 is 14.8 Å². The molecule has 1 amide bonds. The zero-order valence-corrected chi connectivity index (χ0v) is 20.2. The molecule has 0 bridgehead atoms. The van der Waals surface area contributed by atoms with E-state index < -0.39 is 11.9 Å². The number of ether oxygens (including phenoxy) is 2. The lowest BCUT2D eigenvalue weighted by atomic mass is 10.0. The Morgan fingerprint density at radius 2 is 1.69 bits per heavy atom. The lowest BCUT2D eigenvalue weighted by molar-refractivity contribution is -0.112. The number of methoxy groups -OCH3 is 1. The summed E-state index contributed by atoms with van der Waals surface area (Å²) in [6, 6.07) is 27.0. The number of hydrogen-bond donors (Lipinski definition) is 1. The van der Waals surface area contributed by atoms with Gasteiger partial charge in [0.25, 0.3) is 5.91 Å². The smallest absolute Gasteiger partial charge is 0.344 e. The molecule has 0 aromatic heterocycles. The highest BCUT2D eigenvalue weighted by molar-refractivity contribution is 9.10. The molecule has 0 aliphatic rings. The van der Waals surface area contributed by atoms with Crippen LogP contribution in [0.1, 0.15) is 15.9 Å². The van der Waals surface area contributed by atoms with Gasteiger partial charge in [-0.2, -0.15) is 5.26 Å². The topological polar surface area (TPSA) is 88.4 Å². The average molecular weight is 527 g/mol. The van der Waals surface area contributed by atoms with E-state index in [-0.39, 0.29) is 17.1 Å². The summed E-state index contributed by atoms with van der Waals surface area (Å²) in [5, 5.41) is 13.9. The molecule has 0 saturated heterocycles. The number of nitrogens with zero attached hydrogens (tertiary/aromatic N) is 1. The fourth-order valence-corrected chi connectivity index (χ4v) is 4.05. The summed E-state index contributed by atoms with van der Waals surface area (Å²) in [5.41, 5.74) is 1.42. The van der Waals surface area contributed by atoms with Gasteiger partial charge in [-0.3, -0.25) is 4.79 Å². The zero-order chi connectivity index (χ0) is 24.8. The first kappa shape index (κ1) is 23.7. The van der Waals surface area contributed by atoms with Gasteiger partial charge in [0.2, 0.25) is 0 Å². The molecule has 0 spiro atoms. The van der Waals surface area contributed by atoms with Crippen LogP contribution in [0.5, 0.6) is 11.5 Å². The molecule has 35 heavy (non-hydrogen) atoms. The summed E-state index contributed by atoms with van der Waals surface area (Å²) in [7, 11) is 1.44. The first-order chi connectivity index (χ1) is 17.0. The van der Waals surface area contributed by atoms with E-state index in [0.717, 1.165) is 10.8 Å². The van der Waals surface area contributed by atoms with Gasteiger partial charge in [0.15, 0.2) is 11.5 Å². The Balaban J connectivity index is 1.62. The zero-order valence-electron chi connectivity index (χ0n) is 18.6. The molecule has 0 aliphatic heterocycles. The molecule has 172 valence electrons. The lowest BCUT2D eigenvalue weighted by Crippen LogP contribution is -2.13. The quantitative estimate of drug-likeness (QED) is 0.136. The largest absolute Gasteiger partial charge is 0.493 e. The van der Waals surface area contributed by atoms with Crippen molar-refractivity contribution in [1.82, 2.24) is 0 Å². The van der Waals surface area contributed by atoms with Crippen molar-refractivity contribution >= 4 is 50.3 Å². The summed E-state index contributed by atoms with van der Waals surface area (Å²) in [5.74, 6) is -0.626. The number of anilines is 1. The monoisotopic (exact) mass is 526 g/mol. The number of halogens is 1. The number of nitrogens with one attached hydrogen (secondary N) is 1. The summed E-state index contributed by atoms with van der Waals surface area (Å²) >= 11 is 3.42. The van der Waals surface area contributed by atoms with Crippen LogP contribution in [0.3, 0.4) is 0 Å². The molecule has 4 rings (SSSR count). The summed E-state index contributed by atoms with van der Waals surface area (Å²) in [4.78, 5) is 25.6. The molecule has 0 heterocycles. The minimum Gasteiger partial charge on any atom is -0.493 e. The Kier molecular flexibility index (Phi) is 7.24. The molecule has 4 aromatic rings. The Bertz CT molecular complexity index is 1490. The number of hydrogen-bond acceptors (Lipinski definition) is 5. The number of esters is 1. The second kappa shape index (κ2) is 10.7. The first-order valence-electron chi connectivity index (χ1n) is 10.6. The first-order valence-corrected chi connectivity index (χ1v) is 11.3. The highest BCUT2D eigenvalue weighted by atomic mass is 79.9. The fourth-order valence-electron chi connectivity index (χ4n) is 3.51. The predicted molar refractivity (Wildman–Crippen MR) is 138 cm³/mol.